The van der Waals surface area contributed by atoms with Gasteiger partial charge in [-0.15, -0.1) is 6.58 Å². The molecule has 1 rings (SSSR count). The molecule has 24 heavy (non-hydrogen) atoms. The van der Waals surface area contributed by atoms with Crippen molar-refractivity contribution in [2.75, 3.05) is 39.0 Å². The average molecular weight is 362 g/mol. The molecule has 1 aliphatic rings. The molecule has 0 aromatic heterocycles. The predicted octanol–water partition coefficient (Wildman–Crippen LogP) is 0.162. The summed E-state index contributed by atoms with van der Waals surface area (Å²) in [6.07, 6.45) is 1.00. The van der Waals surface area contributed by atoms with E-state index in [1.54, 1.807) is 4.90 Å². The maximum Gasteiger partial charge on any atom is 0.318 e. The highest BCUT2D eigenvalue weighted by Gasteiger charge is 2.31. The third-order valence-corrected chi connectivity index (χ3v) is 4.93. The van der Waals surface area contributed by atoms with Crippen LogP contribution in [-0.2, 0) is 24.3 Å². The van der Waals surface area contributed by atoms with Crippen LogP contribution in [0.5, 0.6) is 0 Å². The first kappa shape index (κ1) is 20.6. The van der Waals surface area contributed by atoms with E-state index in [0.29, 0.717) is 19.6 Å². The zero-order valence-electron chi connectivity index (χ0n) is 14.4. The van der Waals surface area contributed by atoms with E-state index < -0.39 is 28.6 Å². The summed E-state index contributed by atoms with van der Waals surface area (Å²) in [6, 6.07) is 0. The van der Waals surface area contributed by atoms with Crippen LogP contribution in [0.15, 0.2) is 12.2 Å². The van der Waals surface area contributed by atoms with Crippen molar-refractivity contribution in [3.05, 3.63) is 12.2 Å². The highest BCUT2D eigenvalue weighted by molar-refractivity contribution is 7.88. The van der Waals surface area contributed by atoms with Gasteiger partial charge in [0.2, 0.25) is 15.9 Å². The standard InChI is InChI=1S/C15H26N2O6S/c1-11(2)7-12(3)15(20)16-5-6-23-13(8-16)9-17(10-14(18)19)24(4,21)22/h12-13H,1,5-10H2,2-4H3,(H,18,19). The van der Waals surface area contributed by atoms with Crippen molar-refractivity contribution in [2.45, 2.75) is 26.4 Å². The number of sulfonamides is 1. The lowest BCUT2D eigenvalue weighted by Crippen LogP contribution is -2.52. The van der Waals surface area contributed by atoms with Crippen LogP contribution in [0.4, 0.5) is 0 Å². The number of allylic oxidation sites excluding steroid dienone is 1. The van der Waals surface area contributed by atoms with Gasteiger partial charge in [0, 0.05) is 25.6 Å². The molecule has 0 aromatic rings. The van der Waals surface area contributed by atoms with E-state index in [4.69, 9.17) is 9.84 Å². The van der Waals surface area contributed by atoms with E-state index in [1.807, 2.05) is 13.8 Å². The van der Waals surface area contributed by atoms with Gasteiger partial charge in [0.15, 0.2) is 0 Å². The molecule has 1 saturated heterocycles. The zero-order valence-corrected chi connectivity index (χ0v) is 15.2. The summed E-state index contributed by atoms with van der Waals surface area (Å²) in [7, 11) is -3.67. The highest BCUT2D eigenvalue weighted by atomic mass is 32.2. The molecular weight excluding hydrogens is 336 g/mol. The lowest BCUT2D eigenvalue weighted by atomic mass is 10.0. The molecule has 9 heteroatoms. The van der Waals surface area contributed by atoms with Gasteiger partial charge in [-0.05, 0) is 13.3 Å². The predicted molar refractivity (Wildman–Crippen MR) is 89.0 cm³/mol. The normalized spacial score (nSPS) is 20.0. The van der Waals surface area contributed by atoms with E-state index in [2.05, 4.69) is 6.58 Å². The second-order valence-corrected chi connectivity index (χ2v) is 8.27. The smallest absolute Gasteiger partial charge is 0.318 e. The molecular formula is C15H26N2O6S. The molecule has 1 aliphatic heterocycles. The molecule has 0 aromatic carbocycles. The zero-order chi connectivity index (χ0) is 18.5. The van der Waals surface area contributed by atoms with Crippen molar-refractivity contribution >= 4 is 21.9 Å². The molecule has 1 heterocycles. The first-order valence-corrected chi connectivity index (χ1v) is 9.57. The van der Waals surface area contributed by atoms with Gasteiger partial charge < -0.3 is 14.7 Å². The van der Waals surface area contributed by atoms with Crippen LogP contribution >= 0.6 is 0 Å². The number of morpholine rings is 1. The van der Waals surface area contributed by atoms with Crippen LogP contribution in [0, 0.1) is 5.92 Å². The number of hydrogen-bond donors (Lipinski definition) is 1. The first-order valence-electron chi connectivity index (χ1n) is 7.72. The molecule has 1 N–H and O–H groups in total. The monoisotopic (exact) mass is 362 g/mol. The number of carboxylic acid groups (broad SMARTS) is 1. The van der Waals surface area contributed by atoms with Crippen molar-refractivity contribution in [1.29, 1.82) is 0 Å². The third kappa shape index (κ3) is 6.58. The van der Waals surface area contributed by atoms with E-state index in [-0.39, 0.29) is 24.9 Å². The number of hydrogen-bond acceptors (Lipinski definition) is 5. The maximum absolute atomic E-state index is 12.4. The van der Waals surface area contributed by atoms with E-state index in [1.165, 1.54) is 0 Å². The summed E-state index contributed by atoms with van der Waals surface area (Å²) in [4.78, 5) is 24.9. The Morgan fingerprint density at radius 2 is 2.08 bits per heavy atom. The van der Waals surface area contributed by atoms with Gasteiger partial charge in [-0.1, -0.05) is 12.5 Å². The largest absolute Gasteiger partial charge is 0.480 e. The molecule has 1 amide bonds. The molecule has 138 valence electrons. The van der Waals surface area contributed by atoms with Crippen LogP contribution in [0.3, 0.4) is 0 Å². The Bertz CT molecular complexity index is 589. The van der Waals surface area contributed by atoms with Crippen LogP contribution in [0.25, 0.3) is 0 Å². The second-order valence-electron chi connectivity index (χ2n) is 6.29. The first-order chi connectivity index (χ1) is 11.0. The van der Waals surface area contributed by atoms with Crippen molar-refractivity contribution in [2.24, 2.45) is 5.92 Å². The summed E-state index contributed by atoms with van der Waals surface area (Å²) >= 11 is 0. The molecule has 0 radical (unpaired) electrons. The Morgan fingerprint density at radius 1 is 1.46 bits per heavy atom. The van der Waals surface area contributed by atoms with Crippen LogP contribution in [0.1, 0.15) is 20.3 Å². The summed E-state index contributed by atoms with van der Waals surface area (Å²) in [5.41, 5.74) is 0.922. The number of carbonyl (C=O) groups excluding carboxylic acids is 1. The number of rotatable bonds is 8. The highest BCUT2D eigenvalue weighted by Crippen LogP contribution is 2.16. The minimum atomic E-state index is -3.67. The van der Waals surface area contributed by atoms with E-state index in [0.717, 1.165) is 16.1 Å². The Balaban J connectivity index is 2.72. The van der Waals surface area contributed by atoms with Crippen molar-refractivity contribution in [3.63, 3.8) is 0 Å². The molecule has 0 saturated carbocycles. The Labute approximate surface area is 143 Å². The van der Waals surface area contributed by atoms with Crippen molar-refractivity contribution in [1.82, 2.24) is 9.21 Å². The Morgan fingerprint density at radius 3 is 2.58 bits per heavy atom. The fourth-order valence-corrected chi connectivity index (χ4v) is 3.43. The van der Waals surface area contributed by atoms with Crippen LogP contribution in [0.2, 0.25) is 0 Å². The summed E-state index contributed by atoms with van der Waals surface area (Å²) in [6.45, 7) is 7.75. The Kier molecular flexibility index (Phi) is 7.37. The number of ether oxygens (including phenoxy) is 1. The molecule has 8 nitrogen and oxygen atoms in total. The van der Waals surface area contributed by atoms with Crippen molar-refractivity contribution < 1.29 is 27.9 Å². The van der Waals surface area contributed by atoms with Gasteiger partial charge in [-0.3, -0.25) is 9.59 Å². The fourth-order valence-electron chi connectivity index (χ4n) is 2.65. The van der Waals surface area contributed by atoms with Gasteiger partial charge in [0.1, 0.15) is 6.54 Å². The number of carbonyl (C=O) groups is 2. The lowest BCUT2D eigenvalue weighted by Gasteiger charge is -2.36. The second kappa shape index (κ2) is 8.59. The minimum Gasteiger partial charge on any atom is -0.480 e. The van der Waals surface area contributed by atoms with Crippen LogP contribution < -0.4 is 0 Å². The lowest BCUT2D eigenvalue weighted by molar-refractivity contribution is -0.144. The molecule has 0 spiro atoms. The quantitative estimate of drug-likeness (QED) is 0.617. The average Bonchev–Trinajstić information content (AvgIpc) is 2.44. The molecule has 1 fully saturated rings. The van der Waals surface area contributed by atoms with Crippen molar-refractivity contribution in [3.8, 4) is 0 Å². The number of carboxylic acids is 1. The molecule has 2 unspecified atom stereocenters. The van der Waals surface area contributed by atoms with Crippen LogP contribution in [-0.4, -0.2) is 79.8 Å². The summed E-state index contributed by atoms with van der Waals surface area (Å²) in [5, 5.41) is 8.85. The van der Waals surface area contributed by atoms with E-state index in [9.17, 15) is 18.0 Å². The molecule has 0 aliphatic carbocycles. The van der Waals surface area contributed by atoms with Gasteiger partial charge >= 0.3 is 5.97 Å². The SMILES string of the molecule is C=C(C)CC(C)C(=O)N1CCOC(CN(CC(=O)O)S(C)(=O)=O)C1. The van der Waals surface area contributed by atoms with E-state index >= 15 is 0 Å². The number of nitrogens with zero attached hydrogens (tertiary/aromatic N) is 2. The molecule has 0 bridgehead atoms. The topological polar surface area (TPSA) is 104 Å². The minimum absolute atomic E-state index is 0.0320. The third-order valence-electron chi connectivity index (χ3n) is 3.71. The molecule has 2 atom stereocenters. The number of aliphatic carboxylic acids is 1. The van der Waals surface area contributed by atoms with Gasteiger partial charge in [-0.2, -0.15) is 4.31 Å². The van der Waals surface area contributed by atoms with Gasteiger partial charge in [-0.25, -0.2) is 8.42 Å². The summed E-state index contributed by atoms with van der Waals surface area (Å²) < 4.78 is 29.8. The number of amides is 1. The maximum atomic E-state index is 12.4. The Hall–Kier alpha value is -1.45. The van der Waals surface area contributed by atoms with Gasteiger partial charge in [0.05, 0.1) is 19.0 Å². The fraction of sp³-hybridized carbons (Fsp3) is 0.733. The summed E-state index contributed by atoms with van der Waals surface area (Å²) in [5.74, 6) is -1.47. The van der Waals surface area contributed by atoms with Gasteiger partial charge in [0.25, 0.3) is 0 Å².